The van der Waals surface area contributed by atoms with E-state index in [-0.39, 0.29) is 0 Å². The second kappa shape index (κ2) is 5.40. The summed E-state index contributed by atoms with van der Waals surface area (Å²) in [6.07, 6.45) is 5.64. The van der Waals surface area contributed by atoms with Gasteiger partial charge in [0.05, 0.1) is 0 Å². The van der Waals surface area contributed by atoms with Crippen LogP contribution in [0.5, 0.6) is 0 Å². The Morgan fingerprint density at radius 2 is 2.20 bits per heavy atom. The minimum atomic E-state index is 0.478. The lowest BCUT2D eigenvalue weighted by Gasteiger charge is -2.17. The van der Waals surface area contributed by atoms with Crippen LogP contribution in [0.2, 0.25) is 0 Å². The first-order chi connectivity index (χ1) is 9.76. The van der Waals surface area contributed by atoms with E-state index in [1.54, 1.807) is 6.33 Å². The molecule has 0 atom stereocenters. The number of hydrogen-bond acceptors (Lipinski definition) is 7. The molecule has 1 aliphatic rings. The van der Waals surface area contributed by atoms with Crippen molar-refractivity contribution < 1.29 is 0 Å². The summed E-state index contributed by atoms with van der Waals surface area (Å²) >= 11 is 0. The van der Waals surface area contributed by atoms with E-state index in [9.17, 15) is 0 Å². The Hall–Kier alpha value is -2.25. The average molecular weight is 274 g/mol. The highest BCUT2D eigenvalue weighted by Crippen LogP contribution is 2.30. The molecule has 1 aliphatic carbocycles. The van der Waals surface area contributed by atoms with E-state index in [1.165, 1.54) is 23.9 Å². The lowest BCUT2D eigenvalue weighted by Crippen LogP contribution is -2.24. The van der Waals surface area contributed by atoms with Crippen LogP contribution in [-0.2, 0) is 0 Å². The van der Waals surface area contributed by atoms with Crippen LogP contribution in [0.4, 0.5) is 11.9 Å². The maximum absolute atomic E-state index is 4.46. The van der Waals surface area contributed by atoms with E-state index in [1.807, 2.05) is 14.0 Å². The Morgan fingerprint density at radius 3 is 2.85 bits per heavy atom. The fourth-order valence-corrected chi connectivity index (χ4v) is 1.95. The fourth-order valence-electron chi connectivity index (χ4n) is 1.95. The molecule has 2 aromatic rings. The van der Waals surface area contributed by atoms with Crippen molar-refractivity contribution in [2.45, 2.75) is 19.8 Å². The Bertz CT molecular complexity index is 563. The van der Waals surface area contributed by atoms with Gasteiger partial charge in [-0.05, 0) is 25.7 Å². The number of nitrogens with one attached hydrogen (secondary N) is 1. The van der Waals surface area contributed by atoms with Gasteiger partial charge in [-0.25, -0.2) is 4.98 Å². The minimum Gasteiger partial charge on any atom is -0.354 e. The number of anilines is 2. The first-order valence-corrected chi connectivity index (χ1v) is 6.82. The van der Waals surface area contributed by atoms with Crippen LogP contribution in [0.1, 0.15) is 19.8 Å². The summed E-state index contributed by atoms with van der Waals surface area (Å²) in [4.78, 5) is 19.2. The van der Waals surface area contributed by atoms with E-state index < -0.39 is 0 Å². The molecule has 8 nitrogen and oxygen atoms in total. The van der Waals surface area contributed by atoms with Crippen molar-refractivity contribution in [3.05, 3.63) is 12.7 Å². The lowest BCUT2D eigenvalue weighted by atomic mass is 10.4. The van der Waals surface area contributed by atoms with Gasteiger partial charge >= 0.3 is 0 Å². The Labute approximate surface area is 117 Å². The molecular weight excluding hydrogens is 256 g/mol. The number of aromatic nitrogens is 6. The van der Waals surface area contributed by atoms with Gasteiger partial charge in [0.15, 0.2) is 0 Å². The van der Waals surface area contributed by atoms with Crippen LogP contribution in [0.25, 0.3) is 5.95 Å². The molecule has 1 saturated carbocycles. The molecule has 0 aliphatic heterocycles. The Kier molecular flexibility index (Phi) is 3.44. The summed E-state index contributed by atoms with van der Waals surface area (Å²) in [5.74, 6) is 2.47. The molecule has 0 saturated heterocycles. The molecule has 2 heterocycles. The summed E-state index contributed by atoms with van der Waals surface area (Å²) < 4.78 is 1.54. The van der Waals surface area contributed by atoms with E-state index in [0.717, 1.165) is 19.0 Å². The number of rotatable bonds is 6. The van der Waals surface area contributed by atoms with Gasteiger partial charge in [-0.2, -0.15) is 24.7 Å². The van der Waals surface area contributed by atoms with Gasteiger partial charge in [0.1, 0.15) is 12.7 Å². The van der Waals surface area contributed by atoms with Crippen LogP contribution in [0, 0.1) is 5.92 Å². The van der Waals surface area contributed by atoms with Crippen molar-refractivity contribution in [2.24, 2.45) is 5.92 Å². The smallest absolute Gasteiger partial charge is 0.258 e. The highest BCUT2D eigenvalue weighted by Gasteiger charge is 2.24. The molecule has 0 amide bonds. The van der Waals surface area contributed by atoms with Gasteiger partial charge in [-0.3, -0.25) is 0 Å². The first kappa shape index (κ1) is 12.8. The molecule has 0 radical (unpaired) electrons. The predicted octanol–water partition coefficient (Wildman–Crippen LogP) is 0.730. The molecular formula is C12H18N8. The van der Waals surface area contributed by atoms with Crippen LogP contribution in [0.15, 0.2) is 12.7 Å². The summed E-state index contributed by atoms with van der Waals surface area (Å²) in [6.45, 7) is 3.74. The van der Waals surface area contributed by atoms with Gasteiger partial charge in [0.25, 0.3) is 5.95 Å². The number of nitrogens with zero attached hydrogens (tertiary/aromatic N) is 7. The quantitative estimate of drug-likeness (QED) is 0.831. The molecule has 1 fully saturated rings. The van der Waals surface area contributed by atoms with Crippen molar-refractivity contribution in [2.75, 3.05) is 30.4 Å². The first-order valence-electron chi connectivity index (χ1n) is 6.82. The monoisotopic (exact) mass is 274 g/mol. The topological polar surface area (TPSA) is 84.7 Å². The molecule has 0 bridgehead atoms. The maximum atomic E-state index is 4.46. The maximum Gasteiger partial charge on any atom is 0.258 e. The lowest BCUT2D eigenvalue weighted by molar-refractivity contribution is 0.739. The molecule has 0 aromatic carbocycles. The van der Waals surface area contributed by atoms with Crippen LogP contribution in [-0.4, -0.2) is 49.9 Å². The highest BCUT2D eigenvalue weighted by molar-refractivity contribution is 5.39. The zero-order valence-electron chi connectivity index (χ0n) is 11.7. The molecule has 3 rings (SSSR count). The van der Waals surface area contributed by atoms with Crippen molar-refractivity contribution in [3.63, 3.8) is 0 Å². The van der Waals surface area contributed by atoms with Crippen molar-refractivity contribution in [1.29, 1.82) is 0 Å². The Morgan fingerprint density at radius 1 is 1.35 bits per heavy atom. The molecule has 20 heavy (non-hydrogen) atoms. The summed E-state index contributed by atoms with van der Waals surface area (Å²) in [7, 11) is 2.01. The molecule has 0 unspecified atom stereocenters. The molecule has 106 valence electrons. The zero-order chi connectivity index (χ0) is 13.9. The zero-order valence-corrected chi connectivity index (χ0v) is 11.7. The average Bonchev–Trinajstić information content (AvgIpc) is 3.08. The van der Waals surface area contributed by atoms with Gasteiger partial charge < -0.3 is 10.2 Å². The van der Waals surface area contributed by atoms with Gasteiger partial charge in [-0.15, -0.1) is 0 Å². The van der Waals surface area contributed by atoms with E-state index in [4.69, 9.17) is 0 Å². The van der Waals surface area contributed by atoms with Crippen molar-refractivity contribution in [3.8, 4) is 5.95 Å². The third-order valence-electron chi connectivity index (χ3n) is 3.14. The van der Waals surface area contributed by atoms with E-state index >= 15 is 0 Å². The second-order valence-corrected chi connectivity index (χ2v) is 4.95. The van der Waals surface area contributed by atoms with Crippen LogP contribution >= 0.6 is 0 Å². The summed E-state index contributed by atoms with van der Waals surface area (Å²) in [6, 6.07) is 0. The standard InChI is InChI=1S/C12H18N8/c1-3-14-10-16-11(19(2)6-9-4-5-9)18-12(17-10)20-8-13-7-15-20/h7-9H,3-6H2,1-2H3,(H,14,16,17,18). The van der Waals surface area contributed by atoms with Gasteiger partial charge in [0.2, 0.25) is 11.9 Å². The van der Waals surface area contributed by atoms with Gasteiger partial charge in [-0.1, -0.05) is 0 Å². The molecule has 1 N–H and O–H groups in total. The fraction of sp³-hybridized carbons (Fsp3) is 0.583. The van der Waals surface area contributed by atoms with E-state index in [0.29, 0.717) is 17.8 Å². The SMILES string of the molecule is CCNc1nc(N(C)CC2CC2)nc(-n2cncn2)n1. The van der Waals surface area contributed by atoms with Gasteiger partial charge in [0, 0.05) is 20.1 Å². The molecule has 0 spiro atoms. The highest BCUT2D eigenvalue weighted by atomic mass is 15.4. The third-order valence-corrected chi connectivity index (χ3v) is 3.14. The predicted molar refractivity (Wildman–Crippen MR) is 74.9 cm³/mol. The number of hydrogen-bond donors (Lipinski definition) is 1. The minimum absolute atomic E-state index is 0.478. The van der Waals surface area contributed by atoms with Crippen LogP contribution in [0.3, 0.4) is 0 Å². The third kappa shape index (κ3) is 2.84. The van der Waals surface area contributed by atoms with Crippen molar-refractivity contribution >= 4 is 11.9 Å². The largest absolute Gasteiger partial charge is 0.354 e. The summed E-state index contributed by atoms with van der Waals surface area (Å²) in [5.41, 5.74) is 0. The molecule has 2 aromatic heterocycles. The Balaban J connectivity index is 1.91. The van der Waals surface area contributed by atoms with Crippen molar-refractivity contribution in [1.82, 2.24) is 29.7 Å². The van der Waals surface area contributed by atoms with Crippen LogP contribution < -0.4 is 10.2 Å². The summed E-state index contributed by atoms with van der Waals surface area (Å²) in [5, 5.41) is 7.19. The second-order valence-electron chi connectivity index (χ2n) is 4.95. The molecule has 8 heteroatoms. The van der Waals surface area contributed by atoms with E-state index in [2.05, 4.69) is 35.3 Å². The normalized spacial score (nSPS) is 14.3.